The Morgan fingerprint density at radius 1 is 1.20 bits per heavy atom. The Kier molecular flexibility index (Phi) is 4.87. The van der Waals surface area contributed by atoms with Gasteiger partial charge in [0.1, 0.15) is 18.2 Å². The van der Waals surface area contributed by atoms with Crippen LogP contribution in [0.2, 0.25) is 10.0 Å². The molecule has 102 valence electrons. The molecule has 0 N–H and O–H groups in total. The highest BCUT2D eigenvalue weighted by atomic mass is 79.9. The van der Waals surface area contributed by atoms with Crippen molar-refractivity contribution >= 4 is 39.1 Å². The number of nitriles is 1. The van der Waals surface area contributed by atoms with E-state index in [0.29, 0.717) is 31.4 Å². The Balaban J connectivity index is 2.23. The van der Waals surface area contributed by atoms with Gasteiger partial charge in [-0.25, -0.2) is 4.39 Å². The van der Waals surface area contributed by atoms with Gasteiger partial charge in [0.15, 0.2) is 0 Å². The molecule has 2 rings (SSSR count). The molecule has 0 saturated heterocycles. The van der Waals surface area contributed by atoms with Crippen LogP contribution in [-0.4, -0.2) is 0 Å². The SMILES string of the molecule is N#Cc1ccc(F)cc1COc1cc(Cl)c(Br)cc1Cl. The molecule has 2 nitrogen and oxygen atoms in total. The molecule has 0 aliphatic rings. The summed E-state index contributed by atoms with van der Waals surface area (Å²) in [7, 11) is 0. The molecule has 20 heavy (non-hydrogen) atoms. The number of rotatable bonds is 3. The van der Waals surface area contributed by atoms with Gasteiger partial charge in [0.2, 0.25) is 0 Å². The second kappa shape index (κ2) is 6.45. The first-order valence-corrected chi connectivity index (χ1v) is 7.02. The van der Waals surface area contributed by atoms with Crippen LogP contribution in [0.1, 0.15) is 11.1 Å². The summed E-state index contributed by atoms with van der Waals surface area (Å²) >= 11 is 15.2. The largest absolute Gasteiger partial charge is 0.487 e. The van der Waals surface area contributed by atoms with Crippen LogP contribution in [0.15, 0.2) is 34.8 Å². The zero-order chi connectivity index (χ0) is 14.7. The van der Waals surface area contributed by atoms with Crippen molar-refractivity contribution in [1.29, 1.82) is 5.26 Å². The highest BCUT2D eigenvalue weighted by molar-refractivity contribution is 9.10. The van der Waals surface area contributed by atoms with Crippen molar-refractivity contribution in [2.45, 2.75) is 6.61 Å². The van der Waals surface area contributed by atoms with E-state index in [1.54, 1.807) is 12.1 Å². The lowest BCUT2D eigenvalue weighted by atomic mass is 10.1. The fourth-order valence-electron chi connectivity index (χ4n) is 1.56. The summed E-state index contributed by atoms with van der Waals surface area (Å²) in [4.78, 5) is 0. The predicted octanol–water partition coefficient (Wildman–Crippen LogP) is 5.35. The Bertz CT molecular complexity index is 700. The fourth-order valence-corrected chi connectivity index (χ4v) is 2.41. The average Bonchev–Trinajstić information content (AvgIpc) is 2.41. The number of ether oxygens (including phenoxy) is 1. The van der Waals surface area contributed by atoms with Crippen molar-refractivity contribution in [2.24, 2.45) is 0 Å². The van der Waals surface area contributed by atoms with Crippen LogP contribution in [0.25, 0.3) is 0 Å². The third-order valence-corrected chi connectivity index (χ3v) is 4.04. The van der Waals surface area contributed by atoms with Gasteiger partial charge in [-0.3, -0.25) is 0 Å². The molecular formula is C14H7BrCl2FNO. The summed E-state index contributed by atoms with van der Waals surface area (Å²) in [5.41, 5.74) is 0.799. The minimum atomic E-state index is -0.428. The summed E-state index contributed by atoms with van der Waals surface area (Å²) in [6, 6.07) is 9.03. The highest BCUT2D eigenvalue weighted by Gasteiger charge is 2.09. The van der Waals surface area contributed by atoms with E-state index in [1.165, 1.54) is 18.2 Å². The molecule has 0 aliphatic carbocycles. The molecule has 0 fully saturated rings. The van der Waals surface area contributed by atoms with E-state index in [2.05, 4.69) is 15.9 Å². The van der Waals surface area contributed by atoms with Crippen molar-refractivity contribution < 1.29 is 9.13 Å². The zero-order valence-electron chi connectivity index (χ0n) is 9.96. The van der Waals surface area contributed by atoms with Crippen molar-refractivity contribution in [1.82, 2.24) is 0 Å². The van der Waals surface area contributed by atoms with Crippen LogP contribution in [0.3, 0.4) is 0 Å². The standard InChI is InChI=1S/C14H7BrCl2FNO/c15-11-4-13(17)14(5-12(11)16)20-7-9-3-10(18)2-1-8(9)6-19/h1-5H,7H2. The first kappa shape index (κ1) is 15.1. The first-order chi connectivity index (χ1) is 9.51. The van der Waals surface area contributed by atoms with Crippen molar-refractivity contribution in [2.75, 3.05) is 0 Å². The quantitative estimate of drug-likeness (QED) is 0.678. The van der Waals surface area contributed by atoms with Gasteiger partial charge >= 0.3 is 0 Å². The Labute approximate surface area is 133 Å². The van der Waals surface area contributed by atoms with Gasteiger partial charge in [0.25, 0.3) is 0 Å². The first-order valence-electron chi connectivity index (χ1n) is 5.47. The molecule has 0 atom stereocenters. The van der Waals surface area contributed by atoms with Gasteiger partial charge in [-0.1, -0.05) is 23.2 Å². The molecule has 2 aromatic rings. The average molecular weight is 375 g/mol. The lowest BCUT2D eigenvalue weighted by molar-refractivity contribution is 0.305. The smallest absolute Gasteiger partial charge is 0.139 e. The van der Waals surface area contributed by atoms with E-state index in [9.17, 15) is 4.39 Å². The topological polar surface area (TPSA) is 33.0 Å². The Morgan fingerprint density at radius 2 is 1.95 bits per heavy atom. The molecule has 0 heterocycles. The molecule has 0 saturated carbocycles. The van der Waals surface area contributed by atoms with E-state index in [4.69, 9.17) is 33.2 Å². The molecule has 6 heteroatoms. The molecule has 0 bridgehead atoms. The maximum Gasteiger partial charge on any atom is 0.139 e. The molecule has 0 amide bonds. The van der Waals surface area contributed by atoms with Gasteiger partial charge in [0, 0.05) is 16.1 Å². The molecule has 0 unspecified atom stereocenters. The summed E-state index contributed by atoms with van der Waals surface area (Å²) in [5.74, 6) is -0.0597. The number of benzene rings is 2. The number of halogens is 4. The van der Waals surface area contributed by atoms with Crippen LogP contribution < -0.4 is 4.74 Å². The van der Waals surface area contributed by atoms with E-state index < -0.39 is 5.82 Å². The molecule has 0 spiro atoms. The Hall–Kier alpha value is -1.28. The lowest BCUT2D eigenvalue weighted by Crippen LogP contribution is -1.99. The number of hydrogen-bond donors (Lipinski definition) is 0. The summed E-state index contributed by atoms with van der Waals surface area (Å²) in [5, 5.41) is 9.78. The van der Waals surface area contributed by atoms with Crippen molar-refractivity contribution in [3.05, 3.63) is 61.8 Å². The van der Waals surface area contributed by atoms with Crippen LogP contribution in [0, 0.1) is 17.1 Å². The van der Waals surface area contributed by atoms with Crippen molar-refractivity contribution in [3.63, 3.8) is 0 Å². The van der Waals surface area contributed by atoms with E-state index in [0.717, 1.165) is 0 Å². The summed E-state index contributed by atoms with van der Waals surface area (Å²) < 4.78 is 19.3. The number of hydrogen-bond acceptors (Lipinski definition) is 2. The molecular weight excluding hydrogens is 368 g/mol. The van der Waals surface area contributed by atoms with Crippen molar-refractivity contribution in [3.8, 4) is 11.8 Å². The predicted molar refractivity (Wildman–Crippen MR) is 79.6 cm³/mol. The van der Waals surface area contributed by atoms with E-state index >= 15 is 0 Å². The minimum Gasteiger partial charge on any atom is -0.487 e. The van der Waals surface area contributed by atoms with E-state index in [1.807, 2.05) is 6.07 Å². The minimum absolute atomic E-state index is 0.0261. The second-order valence-electron chi connectivity index (χ2n) is 3.90. The van der Waals surface area contributed by atoms with Gasteiger partial charge in [-0.15, -0.1) is 0 Å². The normalized spacial score (nSPS) is 10.2. The monoisotopic (exact) mass is 373 g/mol. The second-order valence-corrected chi connectivity index (χ2v) is 5.57. The fraction of sp³-hybridized carbons (Fsp3) is 0.0714. The van der Waals surface area contributed by atoms with Gasteiger partial charge < -0.3 is 4.74 Å². The maximum atomic E-state index is 13.2. The van der Waals surface area contributed by atoms with Crippen LogP contribution in [-0.2, 0) is 6.61 Å². The van der Waals surface area contributed by atoms with Crippen LogP contribution in [0.5, 0.6) is 5.75 Å². The molecule has 0 radical (unpaired) electrons. The van der Waals surface area contributed by atoms with Crippen LogP contribution in [0.4, 0.5) is 4.39 Å². The molecule has 0 aliphatic heterocycles. The van der Waals surface area contributed by atoms with E-state index in [-0.39, 0.29) is 6.61 Å². The summed E-state index contributed by atoms with van der Waals surface area (Å²) in [6.45, 7) is 0.0261. The third kappa shape index (κ3) is 3.43. The van der Waals surface area contributed by atoms with Crippen LogP contribution >= 0.6 is 39.1 Å². The van der Waals surface area contributed by atoms with Gasteiger partial charge in [0.05, 0.1) is 21.7 Å². The molecule has 0 aromatic heterocycles. The third-order valence-electron chi connectivity index (χ3n) is 2.55. The van der Waals surface area contributed by atoms with Gasteiger partial charge in [-0.2, -0.15) is 5.26 Å². The Morgan fingerprint density at radius 3 is 2.65 bits per heavy atom. The van der Waals surface area contributed by atoms with Gasteiger partial charge in [-0.05, 0) is 40.2 Å². The zero-order valence-corrected chi connectivity index (χ0v) is 13.1. The highest BCUT2D eigenvalue weighted by Crippen LogP contribution is 2.34. The number of nitrogens with zero attached hydrogens (tertiary/aromatic N) is 1. The lowest BCUT2D eigenvalue weighted by Gasteiger charge is -2.10. The molecule has 2 aromatic carbocycles. The summed E-state index contributed by atoms with van der Waals surface area (Å²) in [6.07, 6.45) is 0. The maximum absolute atomic E-state index is 13.2.